The van der Waals surface area contributed by atoms with Crippen LogP contribution in [0.15, 0.2) is 48.8 Å². The monoisotopic (exact) mass is 393 g/mol. The summed E-state index contributed by atoms with van der Waals surface area (Å²) in [6.07, 6.45) is 3.27. The summed E-state index contributed by atoms with van der Waals surface area (Å²) in [6, 6.07) is 9.41. The zero-order valence-corrected chi connectivity index (χ0v) is 15.2. The SMILES string of the molecule is COCOc1c(Nc2ccncc2)cc(-c2cc(Cl)ccc2F)nc1Cl. The van der Waals surface area contributed by atoms with Gasteiger partial charge in [0, 0.05) is 35.8 Å². The van der Waals surface area contributed by atoms with Crippen LogP contribution in [0.2, 0.25) is 10.2 Å². The van der Waals surface area contributed by atoms with Crippen LogP contribution in [-0.4, -0.2) is 23.9 Å². The molecule has 134 valence electrons. The van der Waals surface area contributed by atoms with E-state index in [4.69, 9.17) is 32.7 Å². The molecule has 0 atom stereocenters. The summed E-state index contributed by atoms with van der Waals surface area (Å²) in [4.78, 5) is 8.20. The summed E-state index contributed by atoms with van der Waals surface area (Å²) >= 11 is 12.3. The Hall–Kier alpha value is -2.41. The molecule has 2 heterocycles. The minimum absolute atomic E-state index is 0.0166. The van der Waals surface area contributed by atoms with Gasteiger partial charge >= 0.3 is 0 Å². The quantitative estimate of drug-likeness (QED) is 0.453. The van der Waals surface area contributed by atoms with Crippen LogP contribution in [0.5, 0.6) is 5.75 Å². The molecule has 0 unspecified atom stereocenters. The molecule has 0 bridgehead atoms. The van der Waals surface area contributed by atoms with Gasteiger partial charge in [0.15, 0.2) is 17.7 Å². The van der Waals surface area contributed by atoms with Crippen molar-refractivity contribution in [3.05, 3.63) is 64.8 Å². The number of methoxy groups -OCH3 is 1. The number of benzene rings is 1. The van der Waals surface area contributed by atoms with Crippen molar-refractivity contribution in [1.82, 2.24) is 9.97 Å². The summed E-state index contributed by atoms with van der Waals surface area (Å²) in [7, 11) is 1.49. The van der Waals surface area contributed by atoms with Crippen LogP contribution in [0.1, 0.15) is 0 Å². The molecule has 0 saturated carbocycles. The second-order valence-corrected chi connectivity index (χ2v) is 6.01. The lowest BCUT2D eigenvalue weighted by Gasteiger charge is -2.16. The van der Waals surface area contributed by atoms with Gasteiger partial charge < -0.3 is 14.8 Å². The average molecular weight is 394 g/mol. The zero-order chi connectivity index (χ0) is 18.5. The second kappa shape index (κ2) is 8.31. The van der Waals surface area contributed by atoms with E-state index in [2.05, 4.69) is 15.3 Å². The number of aromatic nitrogens is 2. The van der Waals surface area contributed by atoms with Crippen molar-refractivity contribution >= 4 is 34.6 Å². The predicted molar refractivity (Wildman–Crippen MR) is 99.7 cm³/mol. The Morgan fingerprint density at radius 3 is 2.62 bits per heavy atom. The highest BCUT2D eigenvalue weighted by Crippen LogP contribution is 2.38. The molecule has 26 heavy (non-hydrogen) atoms. The lowest BCUT2D eigenvalue weighted by Crippen LogP contribution is -2.04. The van der Waals surface area contributed by atoms with Crippen molar-refractivity contribution in [3.8, 4) is 17.0 Å². The van der Waals surface area contributed by atoms with Gasteiger partial charge in [-0.05, 0) is 36.4 Å². The Bertz CT molecular complexity index is 910. The molecule has 0 aliphatic rings. The fraction of sp³-hybridized carbons (Fsp3) is 0.111. The van der Waals surface area contributed by atoms with Crippen LogP contribution in [0, 0.1) is 5.82 Å². The number of ether oxygens (including phenoxy) is 2. The molecule has 3 aromatic rings. The number of hydrogen-bond donors (Lipinski definition) is 1. The van der Waals surface area contributed by atoms with E-state index in [0.717, 1.165) is 5.69 Å². The topological polar surface area (TPSA) is 56.3 Å². The highest BCUT2D eigenvalue weighted by molar-refractivity contribution is 6.31. The van der Waals surface area contributed by atoms with Gasteiger partial charge in [-0.2, -0.15) is 0 Å². The number of rotatable bonds is 6. The normalized spacial score (nSPS) is 10.6. The van der Waals surface area contributed by atoms with Gasteiger partial charge in [0.1, 0.15) is 5.82 Å². The number of nitrogens with one attached hydrogen (secondary N) is 1. The Kier molecular flexibility index (Phi) is 5.88. The fourth-order valence-electron chi connectivity index (χ4n) is 2.27. The Labute approximate surface area is 159 Å². The van der Waals surface area contributed by atoms with Crippen LogP contribution in [-0.2, 0) is 4.74 Å². The van der Waals surface area contributed by atoms with Crippen molar-refractivity contribution in [3.63, 3.8) is 0 Å². The van der Waals surface area contributed by atoms with Crippen molar-refractivity contribution in [2.75, 3.05) is 19.2 Å². The molecule has 5 nitrogen and oxygen atoms in total. The van der Waals surface area contributed by atoms with Gasteiger partial charge in [-0.15, -0.1) is 0 Å². The van der Waals surface area contributed by atoms with E-state index < -0.39 is 5.82 Å². The third-order valence-corrected chi connectivity index (χ3v) is 3.91. The largest absolute Gasteiger partial charge is 0.462 e. The van der Waals surface area contributed by atoms with Crippen LogP contribution in [0.25, 0.3) is 11.3 Å². The summed E-state index contributed by atoms with van der Waals surface area (Å²) in [5.41, 5.74) is 1.80. The maximum absolute atomic E-state index is 14.2. The highest BCUT2D eigenvalue weighted by atomic mass is 35.5. The summed E-state index contributed by atoms with van der Waals surface area (Å²) in [5, 5.41) is 3.62. The lowest BCUT2D eigenvalue weighted by atomic mass is 10.1. The van der Waals surface area contributed by atoms with Crippen LogP contribution in [0.3, 0.4) is 0 Å². The minimum Gasteiger partial charge on any atom is -0.462 e. The van der Waals surface area contributed by atoms with Crippen LogP contribution in [0.4, 0.5) is 15.8 Å². The number of hydrogen-bond acceptors (Lipinski definition) is 5. The van der Waals surface area contributed by atoms with Gasteiger partial charge in [0.05, 0.1) is 11.4 Å². The molecule has 2 aromatic heterocycles. The van der Waals surface area contributed by atoms with E-state index in [1.807, 2.05) is 0 Å². The molecule has 1 N–H and O–H groups in total. The fourth-order valence-corrected chi connectivity index (χ4v) is 2.69. The Morgan fingerprint density at radius 1 is 1.12 bits per heavy atom. The summed E-state index contributed by atoms with van der Waals surface area (Å²) < 4.78 is 24.7. The van der Waals surface area contributed by atoms with E-state index in [0.29, 0.717) is 16.4 Å². The molecule has 0 saturated heterocycles. The van der Waals surface area contributed by atoms with E-state index in [9.17, 15) is 4.39 Å². The van der Waals surface area contributed by atoms with Crippen molar-refractivity contribution in [2.45, 2.75) is 0 Å². The molecule has 8 heteroatoms. The van der Waals surface area contributed by atoms with Crippen LogP contribution >= 0.6 is 23.2 Å². The maximum atomic E-state index is 14.2. The molecular formula is C18H14Cl2FN3O2. The third-order valence-electron chi connectivity index (χ3n) is 3.42. The number of anilines is 2. The Balaban J connectivity index is 2.09. The zero-order valence-electron chi connectivity index (χ0n) is 13.7. The van der Waals surface area contributed by atoms with Gasteiger partial charge in [-0.25, -0.2) is 9.37 Å². The number of nitrogens with zero attached hydrogens (tertiary/aromatic N) is 2. The number of pyridine rings is 2. The molecule has 1 aromatic carbocycles. The molecule has 3 rings (SSSR count). The molecule has 0 amide bonds. The Morgan fingerprint density at radius 2 is 1.88 bits per heavy atom. The van der Waals surface area contributed by atoms with Gasteiger partial charge in [-0.1, -0.05) is 23.2 Å². The first-order chi connectivity index (χ1) is 12.6. The highest BCUT2D eigenvalue weighted by Gasteiger charge is 2.17. The molecule has 0 fully saturated rings. The van der Waals surface area contributed by atoms with Gasteiger partial charge in [0.2, 0.25) is 0 Å². The average Bonchev–Trinajstić information content (AvgIpc) is 2.64. The van der Waals surface area contributed by atoms with Crippen molar-refractivity contribution < 1.29 is 13.9 Å². The van der Waals surface area contributed by atoms with Gasteiger partial charge in [0.25, 0.3) is 0 Å². The van der Waals surface area contributed by atoms with E-state index >= 15 is 0 Å². The lowest BCUT2D eigenvalue weighted by molar-refractivity contribution is 0.0515. The molecule has 0 spiro atoms. The van der Waals surface area contributed by atoms with Gasteiger partial charge in [-0.3, -0.25) is 4.98 Å². The first-order valence-electron chi connectivity index (χ1n) is 7.53. The van der Waals surface area contributed by atoms with Crippen LogP contribution < -0.4 is 10.1 Å². The first kappa shape index (κ1) is 18.4. The smallest absolute Gasteiger partial charge is 0.188 e. The number of halogens is 3. The maximum Gasteiger partial charge on any atom is 0.188 e. The standard InChI is InChI=1S/C18H14Cl2FN3O2/c1-25-10-26-17-16(23-12-4-6-22-7-5-12)9-15(24-18(17)20)13-8-11(19)2-3-14(13)21/h2-9H,10H2,1H3,(H,22,23,24). The molecular weight excluding hydrogens is 380 g/mol. The molecule has 0 radical (unpaired) electrons. The predicted octanol–water partition coefficient (Wildman–Crippen LogP) is 5.32. The second-order valence-electron chi connectivity index (χ2n) is 5.21. The minimum atomic E-state index is -0.460. The van der Waals surface area contributed by atoms with E-state index in [1.54, 1.807) is 30.6 Å². The van der Waals surface area contributed by atoms with Crippen molar-refractivity contribution in [1.29, 1.82) is 0 Å². The third kappa shape index (κ3) is 4.22. The molecule has 0 aliphatic heterocycles. The first-order valence-corrected chi connectivity index (χ1v) is 8.29. The van der Waals surface area contributed by atoms with Crippen molar-refractivity contribution in [2.24, 2.45) is 0 Å². The van der Waals surface area contributed by atoms with E-state index in [-0.39, 0.29) is 23.3 Å². The molecule has 0 aliphatic carbocycles. The summed E-state index contributed by atoms with van der Waals surface area (Å²) in [6.45, 7) is -0.0166. The summed E-state index contributed by atoms with van der Waals surface area (Å²) in [5.74, 6) is -0.171. The van der Waals surface area contributed by atoms with E-state index in [1.165, 1.54) is 25.3 Å².